The van der Waals surface area contributed by atoms with Crippen molar-refractivity contribution in [2.75, 3.05) is 32.2 Å². The molecule has 40 heavy (non-hydrogen) atoms. The number of fused-ring (bicyclic) bond motifs is 5. The van der Waals surface area contributed by atoms with E-state index in [1.165, 1.54) is 4.90 Å². The molecule has 0 N–H and O–H groups in total. The maximum atomic E-state index is 14.5. The Morgan fingerprint density at radius 1 is 0.900 bits per heavy atom. The molecule has 2 amide bonds. The second-order valence-corrected chi connectivity index (χ2v) is 10.2. The molecule has 2 aliphatic heterocycles. The lowest BCUT2D eigenvalue weighted by molar-refractivity contribution is -0.126. The van der Waals surface area contributed by atoms with E-state index in [9.17, 15) is 14.4 Å². The second-order valence-electron chi connectivity index (χ2n) is 10.2. The first-order chi connectivity index (χ1) is 19.3. The van der Waals surface area contributed by atoms with Crippen LogP contribution in [0.25, 0.3) is 11.0 Å². The topological polar surface area (TPSA) is 89.3 Å². The SMILES string of the molecule is CCN1C(=O)C2(c3ccccc31)c1c(oc3cc(C)c(C)cc3c1=O)C(=O)N2CCc1ccc(OC)c(OC)c1. The summed E-state index contributed by atoms with van der Waals surface area (Å²) in [5.74, 6) is 0.283. The number of benzene rings is 3. The smallest absolute Gasteiger partial charge is 0.291 e. The number of methoxy groups -OCH3 is 2. The van der Waals surface area contributed by atoms with Crippen LogP contribution in [0.5, 0.6) is 11.5 Å². The molecule has 8 heteroatoms. The first-order valence-corrected chi connectivity index (χ1v) is 13.3. The summed E-state index contributed by atoms with van der Waals surface area (Å²) in [6, 6.07) is 16.5. The second kappa shape index (κ2) is 9.26. The van der Waals surface area contributed by atoms with Crippen LogP contribution in [0.4, 0.5) is 5.69 Å². The molecule has 3 heterocycles. The zero-order valence-electron chi connectivity index (χ0n) is 23.2. The number of amides is 2. The fourth-order valence-corrected chi connectivity index (χ4v) is 6.14. The van der Waals surface area contributed by atoms with E-state index in [-0.39, 0.29) is 29.2 Å². The van der Waals surface area contributed by atoms with Crippen molar-refractivity contribution in [1.29, 1.82) is 0 Å². The summed E-state index contributed by atoms with van der Waals surface area (Å²) in [5, 5.41) is 0.357. The molecule has 1 spiro atoms. The molecule has 0 radical (unpaired) electrons. The van der Waals surface area contributed by atoms with Gasteiger partial charge >= 0.3 is 0 Å². The van der Waals surface area contributed by atoms with Gasteiger partial charge < -0.3 is 23.7 Å². The van der Waals surface area contributed by atoms with E-state index < -0.39 is 11.4 Å². The van der Waals surface area contributed by atoms with Crippen molar-refractivity contribution in [3.05, 3.63) is 98.4 Å². The average Bonchev–Trinajstić information content (AvgIpc) is 3.36. The Balaban J connectivity index is 1.58. The summed E-state index contributed by atoms with van der Waals surface area (Å²) in [6.45, 7) is 6.30. The van der Waals surface area contributed by atoms with Gasteiger partial charge in [-0.1, -0.05) is 24.3 Å². The zero-order valence-corrected chi connectivity index (χ0v) is 23.2. The van der Waals surface area contributed by atoms with E-state index in [0.29, 0.717) is 46.7 Å². The van der Waals surface area contributed by atoms with Crippen LogP contribution in [-0.4, -0.2) is 44.0 Å². The number of carbonyl (C=O) groups is 2. The van der Waals surface area contributed by atoms with Crippen LogP contribution in [0.15, 0.2) is 63.8 Å². The minimum absolute atomic E-state index is 0.0748. The third kappa shape index (κ3) is 3.35. The van der Waals surface area contributed by atoms with Crippen LogP contribution in [0, 0.1) is 13.8 Å². The molecule has 204 valence electrons. The molecule has 0 saturated heterocycles. The van der Waals surface area contributed by atoms with Gasteiger partial charge in [0.15, 0.2) is 22.5 Å². The molecule has 6 rings (SSSR count). The fraction of sp³-hybridized carbons (Fsp3) is 0.281. The first kappa shape index (κ1) is 25.7. The van der Waals surface area contributed by atoms with Crippen LogP contribution >= 0.6 is 0 Å². The number of rotatable bonds is 6. The Kier molecular flexibility index (Phi) is 5.94. The summed E-state index contributed by atoms with van der Waals surface area (Å²) < 4.78 is 17.0. The van der Waals surface area contributed by atoms with Crippen molar-refractivity contribution >= 4 is 28.5 Å². The molecule has 0 saturated carbocycles. The molecular formula is C32H30N2O6. The Hall–Kier alpha value is -4.59. The van der Waals surface area contributed by atoms with Crippen molar-refractivity contribution in [3.63, 3.8) is 0 Å². The first-order valence-electron chi connectivity index (χ1n) is 13.3. The summed E-state index contributed by atoms with van der Waals surface area (Å²) in [5.41, 5.74) is 2.50. The lowest BCUT2D eigenvalue weighted by Gasteiger charge is -2.34. The molecule has 4 aromatic rings. The molecule has 2 aliphatic rings. The van der Waals surface area contributed by atoms with Gasteiger partial charge in [-0.25, -0.2) is 0 Å². The van der Waals surface area contributed by atoms with E-state index in [2.05, 4.69) is 0 Å². The summed E-state index contributed by atoms with van der Waals surface area (Å²) in [6.07, 6.45) is 0.412. The van der Waals surface area contributed by atoms with Gasteiger partial charge in [0.05, 0.1) is 30.9 Å². The molecule has 1 unspecified atom stereocenters. The summed E-state index contributed by atoms with van der Waals surface area (Å²) in [4.78, 5) is 46.1. The van der Waals surface area contributed by atoms with Gasteiger partial charge in [-0.15, -0.1) is 0 Å². The monoisotopic (exact) mass is 538 g/mol. The van der Waals surface area contributed by atoms with Gasteiger partial charge in [-0.2, -0.15) is 0 Å². The van der Waals surface area contributed by atoms with Crippen molar-refractivity contribution in [2.45, 2.75) is 32.7 Å². The zero-order chi connectivity index (χ0) is 28.3. The number of hydrogen-bond donors (Lipinski definition) is 0. The highest BCUT2D eigenvalue weighted by molar-refractivity contribution is 6.17. The van der Waals surface area contributed by atoms with Gasteiger partial charge in [0, 0.05) is 18.7 Å². The number of para-hydroxylation sites is 1. The Morgan fingerprint density at radius 2 is 1.62 bits per heavy atom. The number of ether oxygens (including phenoxy) is 2. The number of anilines is 1. The molecule has 1 aromatic heterocycles. The molecule has 1 atom stereocenters. The van der Waals surface area contributed by atoms with E-state index in [1.54, 1.807) is 31.3 Å². The van der Waals surface area contributed by atoms with E-state index in [0.717, 1.165) is 16.7 Å². The fourth-order valence-electron chi connectivity index (χ4n) is 6.14. The standard InChI is InChI=1S/C32H30N2O6/c1-6-33-23-10-8-7-9-22(23)32(31(33)37)27-28(35)21-15-18(2)19(3)16-25(21)40-29(27)30(36)34(32)14-13-20-11-12-24(38-4)26(17-20)39-5/h7-12,15-17H,6,13-14H2,1-5H3. The van der Waals surface area contributed by atoms with Gasteiger partial charge in [0.1, 0.15) is 5.58 Å². The molecule has 0 aliphatic carbocycles. The van der Waals surface area contributed by atoms with Crippen molar-refractivity contribution in [1.82, 2.24) is 4.90 Å². The third-order valence-electron chi connectivity index (χ3n) is 8.24. The van der Waals surface area contributed by atoms with Gasteiger partial charge in [0.2, 0.25) is 5.76 Å². The van der Waals surface area contributed by atoms with E-state index in [1.807, 2.05) is 63.2 Å². The molecular weight excluding hydrogens is 508 g/mol. The number of nitrogens with zero attached hydrogens (tertiary/aromatic N) is 2. The van der Waals surface area contributed by atoms with Crippen molar-refractivity contribution in [2.24, 2.45) is 0 Å². The normalized spacial score (nSPS) is 17.6. The molecule has 3 aromatic carbocycles. The summed E-state index contributed by atoms with van der Waals surface area (Å²) >= 11 is 0. The number of aryl methyl sites for hydroxylation is 2. The van der Waals surface area contributed by atoms with Crippen LogP contribution < -0.4 is 19.8 Å². The highest BCUT2D eigenvalue weighted by atomic mass is 16.5. The minimum Gasteiger partial charge on any atom is -0.493 e. The highest BCUT2D eigenvalue weighted by Gasteiger charge is 2.64. The van der Waals surface area contributed by atoms with E-state index in [4.69, 9.17) is 13.9 Å². The van der Waals surface area contributed by atoms with Gasteiger partial charge in [-0.3, -0.25) is 14.4 Å². The Bertz CT molecular complexity index is 1770. The van der Waals surface area contributed by atoms with Crippen LogP contribution in [0.3, 0.4) is 0 Å². The van der Waals surface area contributed by atoms with Gasteiger partial charge in [-0.05, 0) is 74.2 Å². The molecule has 0 fully saturated rings. The predicted molar refractivity (Wildman–Crippen MR) is 151 cm³/mol. The van der Waals surface area contributed by atoms with Crippen LogP contribution in [0.1, 0.15) is 45.3 Å². The molecule has 0 bridgehead atoms. The lowest BCUT2D eigenvalue weighted by atomic mass is 9.83. The van der Waals surface area contributed by atoms with Crippen LogP contribution in [0.2, 0.25) is 0 Å². The number of hydrogen-bond acceptors (Lipinski definition) is 6. The average molecular weight is 539 g/mol. The maximum Gasteiger partial charge on any atom is 0.291 e. The van der Waals surface area contributed by atoms with Crippen molar-refractivity contribution in [3.8, 4) is 11.5 Å². The van der Waals surface area contributed by atoms with E-state index >= 15 is 0 Å². The highest BCUT2D eigenvalue weighted by Crippen LogP contribution is 2.52. The Labute approximate surface area is 231 Å². The largest absolute Gasteiger partial charge is 0.493 e. The minimum atomic E-state index is -1.62. The summed E-state index contributed by atoms with van der Waals surface area (Å²) in [7, 11) is 3.14. The number of likely N-dealkylation sites (N-methyl/N-ethyl adjacent to an activating group) is 1. The van der Waals surface area contributed by atoms with Crippen LogP contribution in [-0.2, 0) is 16.8 Å². The van der Waals surface area contributed by atoms with Gasteiger partial charge in [0.25, 0.3) is 11.8 Å². The Morgan fingerprint density at radius 3 is 2.35 bits per heavy atom. The lowest BCUT2D eigenvalue weighted by Crippen LogP contribution is -2.54. The predicted octanol–water partition coefficient (Wildman–Crippen LogP) is 4.74. The maximum absolute atomic E-state index is 14.5. The van der Waals surface area contributed by atoms with Crippen molar-refractivity contribution < 1.29 is 23.5 Å². The molecule has 8 nitrogen and oxygen atoms in total. The number of carbonyl (C=O) groups excluding carboxylic acids is 2. The third-order valence-corrected chi connectivity index (χ3v) is 8.24. The quantitative estimate of drug-likeness (QED) is 0.353.